The first kappa shape index (κ1) is 12.1. The second-order valence-corrected chi connectivity index (χ2v) is 4.82. The first-order chi connectivity index (χ1) is 9.29. The molecule has 0 spiro atoms. The molecule has 2 aromatic carbocycles. The predicted molar refractivity (Wildman–Crippen MR) is 74.2 cm³/mol. The molecule has 1 fully saturated rings. The molecule has 1 aliphatic heterocycles. The number of ether oxygens (including phenoxy) is 1. The van der Waals surface area contributed by atoms with Gasteiger partial charge in [0.05, 0.1) is 6.10 Å². The molecule has 0 saturated carbocycles. The highest BCUT2D eigenvalue weighted by molar-refractivity contribution is 6.08. The van der Waals surface area contributed by atoms with E-state index >= 15 is 0 Å². The summed E-state index contributed by atoms with van der Waals surface area (Å²) in [5.41, 5.74) is 2.62. The quantitative estimate of drug-likeness (QED) is 0.612. The molecule has 0 aromatic heterocycles. The fourth-order valence-corrected chi connectivity index (χ4v) is 2.33. The van der Waals surface area contributed by atoms with E-state index in [1.165, 1.54) is 0 Å². The molecule has 1 heterocycles. The molecule has 2 aromatic rings. The second kappa shape index (κ2) is 4.98. The van der Waals surface area contributed by atoms with Crippen LogP contribution in [0, 0.1) is 0 Å². The fourth-order valence-electron chi connectivity index (χ4n) is 2.33. The highest BCUT2D eigenvalue weighted by Gasteiger charge is 2.38. The Morgan fingerprint density at radius 1 is 1.00 bits per heavy atom. The van der Waals surface area contributed by atoms with E-state index in [4.69, 9.17) is 4.74 Å². The maximum atomic E-state index is 12.2. The van der Waals surface area contributed by atoms with Crippen LogP contribution in [-0.4, -0.2) is 11.9 Å². The Kier molecular flexibility index (Phi) is 3.18. The largest absolute Gasteiger partial charge is 0.365 e. The van der Waals surface area contributed by atoms with Gasteiger partial charge in [0.25, 0.3) is 0 Å². The third-order valence-corrected chi connectivity index (χ3v) is 3.52. The van der Waals surface area contributed by atoms with Crippen molar-refractivity contribution >= 4 is 5.78 Å². The number of rotatable bonds is 4. The van der Waals surface area contributed by atoms with Gasteiger partial charge in [0.15, 0.2) is 5.78 Å². The van der Waals surface area contributed by atoms with Crippen molar-refractivity contribution in [1.29, 1.82) is 0 Å². The van der Waals surface area contributed by atoms with Gasteiger partial charge < -0.3 is 4.74 Å². The van der Waals surface area contributed by atoms with Crippen LogP contribution in [0.15, 0.2) is 54.6 Å². The normalized spacial score (nSPS) is 21.1. The van der Waals surface area contributed by atoms with Crippen LogP contribution in [0.4, 0.5) is 0 Å². The number of carbonyl (C=O) groups is 1. The first-order valence-electron chi connectivity index (χ1n) is 6.64. The summed E-state index contributed by atoms with van der Waals surface area (Å²) in [7, 11) is 0. The molecule has 2 unspecified atom stereocenters. The molecule has 1 aliphatic rings. The summed E-state index contributed by atoms with van der Waals surface area (Å²) >= 11 is 0. The lowest BCUT2D eigenvalue weighted by Gasteiger charge is -2.02. The van der Waals surface area contributed by atoms with Crippen molar-refractivity contribution in [3.63, 3.8) is 0 Å². The van der Waals surface area contributed by atoms with Gasteiger partial charge in [-0.05, 0) is 12.0 Å². The minimum atomic E-state index is 0.0657. The molecular formula is C17H16O2. The van der Waals surface area contributed by atoms with E-state index in [1.54, 1.807) is 0 Å². The molecule has 0 amide bonds. The molecule has 2 nitrogen and oxygen atoms in total. The molecule has 1 saturated heterocycles. The van der Waals surface area contributed by atoms with E-state index in [0.717, 1.165) is 23.1 Å². The van der Waals surface area contributed by atoms with Gasteiger partial charge in [-0.2, -0.15) is 0 Å². The summed E-state index contributed by atoms with van der Waals surface area (Å²) < 4.78 is 5.55. The Labute approximate surface area is 113 Å². The Hall–Kier alpha value is -1.93. The minimum absolute atomic E-state index is 0.0657. The van der Waals surface area contributed by atoms with Gasteiger partial charge in [-0.1, -0.05) is 61.5 Å². The summed E-state index contributed by atoms with van der Waals surface area (Å²) in [6.45, 7) is 2.12. The molecule has 0 radical (unpaired) electrons. The van der Waals surface area contributed by atoms with Crippen LogP contribution in [-0.2, 0) is 4.74 Å². The van der Waals surface area contributed by atoms with Crippen LogP contribution < -0.4 is 0 Å². The van der Waals surface area contributed by atoms with Crippen molar-refractivity contribution in [3.05, 3.63) is 71.3 Å². The summed E-state index contributed by atoms with van der Waals surface area (Å²) in [5.74, 6) is 0.0657. The monoisotopic (exact) mass is 252 g/mol. The van der Waals surface area contributed by atoms with E-state index in [0.29, 0.717) is 6.10 Å². The van der Waals surface area contributed by atoms with Crippen molar-refractivity contribution in [1.82, 2.24) is 0 Å². The lowest BCUT2D eigenvalue weighted by Crippen LogP contribution is -2.01. The van der Waals surface area contributed by atoms with E-state index < -0.39 is 0 Å². The van der Waals surface area contributed by atoms with E-state index in [1.807, 2.05) is 54.6 Å². The summed E-state index contributed by atoms with van der Waals surface area (Å²) in [5, 5.41) is 0. The van der Waals surface area contributed by atoms with Crippen LogP contribution in [0.3, 0.4) is 0 Å². The van der Waals surface area contributed by atoms with Crippen molar-refractivity contribution in [2.24, 2.45) is 0 Å². The van der Waals surface area contributed by atoms with Gasteiger partial charge in [-0.25, -0.2) is 0 Å². The molecule has 2 atom stereocenters. The molecule has 0 aliphatic carbocycles. The third kappa shape index (κ3) is 2.45. The Morgan fingerprint density at radius 3 is 2.21 bits per heavy atom. The van der Waals surface area contributed by atoms with E-state index in [2.05, 4.69) is 6.92 Å². The molecule has 0 N–H and O–H groups in total. The molecule has 96 valence electrons. The summed E-state index contributed by atoms with van der Waals surface area (Å²) in [6, 6.07) is 17.1. The van der Waals surface area contributed by atoms with Gasteiger partial charge in [-0.3, -0.25) is 4.79 Å². The van der Waals surface area contributed by atoms with Crippen LogP contribution >= 0.6 is 0 Å². The molecule has 19 heavy (non-hydrogen) atoms. The van der Waals surface area contributed by atoms with Crippen molar-refractivity contribution in [3.8, 4) is 0 Å². The van der Waals surface area contributed by atoms with E-state index in [-0.39, 0.29) is 11.9 Å². The zero-order valence-corrected chi connectivity index (χ0v) is 10.9. The number of hydrogen-bond donors (Lipinski definition) is 0. The molecule has 3 rings (SSSR count). The first-order valence-corrected chi connectivity index (χ1v) is 6.64. The Bertz CT molecular complexity index is 572. The smallest absolute Gasteiger partial charge is 0.193 e. The minimum Gasteiger partial charge on any atom is -0.365 e. The average Bonchev–Trinajstić information content (AvgIpc) is 3.27. The van der Waals surface area contributed by atoms with Crippen LogP contribution in [0.2, 0.25) is 0 Å². The third-order valence-electron chi connectivity index (χ3n) is 3.52. The molecule has 2 heteroatoms. The van der Waals surface area contributed by atoms with Crippen molar-refractivity contribution < 1.29 is 9.53 Å². The van der Waals surface area contributed by atoms with Gasteiger partial charge >= 0.3 is 0 Å². The lowest BCUT2D eigenvalue weighted by molar-refractivity contribution is 0.103. The van der Waals surface area contributed by atoms with Gasteiger partial charge in [0, 0.05) is 11.1 Å². The zero-order chi connectivity index (χ0) is 13.2. The van der Waals surface area contributed by atoms with E-state index in [9.17, 15) is 4.79 Å². The molecular weight excluding hydrogens is 236 g/mol. The maximum absolute atomic E-state index is 12.2. The summed E-state index contributed by atoms with van der Waals surface area (Å²) in [4.78, 5) is 12.2. The van der Waals surface area contributed by atoms with Gasteiger partial charge in [0.1, 0.15) is 6.10 Å². The van der Waals surface area contributed by atoms with Crippen LogP contribution in [0.1, 0.15) is 40.9 Å². The highest BCUT2D eigenvalue weighted by atomic mass is 16.6. The topological polar surface area (TPSA) is 29.6 Å². The molecule has 0 bridgehead atoms. The fraction of sp³-hybridized carbons (Fsp3) is 0.235. The number of ketones is 1. The zero-order valence-electron chi connectivity index (χ0n) is 10.9. The highest BCUT2D eigenvalue weighted by Crippen LogP contribution is 2.40. The number of hydrogen-bond acceptors (Lipinski definition) is 2. The van der Waals surface area contributed by atoms with Gasteiger partial charge in [0.2, 0.25) is 0 Å². The van der Waals surface area contributed by atoms with Crippen LogP contribution in [0.25, 0.3) is 0 Å². The lowest BCUT2D eigenvalue weighted by atomic mass is 10.0. The number of benzene rings is 2. The SMILES string of the molecule is CCC1OC1c1ccc(C(=O)c2ccccc2)cc1. The van der Waals surface area contributed by atoms with Gasteiger partial charge in [-0.15, -0.1) is 0 Å². The number of carbonyl (C=O) groups excluding carboxylic acids is 1. The van der Waals surface area contributed by atoms with Crippen molar-refractivity contribution in [2.45, 2.75) is 25.6 Å². The van der Waals surface area contributed by atoms with Crippen LogP contribution in [0.5, 0.6) is 0 Å². The Morgan fingerprint density at radius 2 is 1.63 bits per heavy atom. The van der Waals surface area contributed by atoms with Crippen molar-refractivity contribution in [2.75, 3.05) is 0 Å². The predicted octanol–water partition coefficient (Wildman–Crippen LogP) is 3.77. The average molecular weight is 252 g/mol. The summed E-state index contributed by atoms with van der Waals surface area (Å²) in [6.07, 6.45) is 1.62. The maximum Gasteiger partial charge on any atom is 0.193 e. The second-order valence-electron chi connectivity index (χ2n) is 4.82. The number of epoxide rings is 1. The standard InChI is InChI=1S/C17H16O2/c1-2-15-17(19-15)14-10-8-13(9-11-14)16(18)12-6-4-3-5-7-12/h3-11,15,17H,2H2,1H3. The Balaban J connectivity index is 1.78.